The van der Waals surface area contributed by atoms with Gasteiger partial charge in [-0.25, -0.2) is 4.99 Å². The SMILES string of the molecule is CC(C[C@H](NC(=O)c1ccc(N(CC2=NC3C(=O)NC(N)=NC3N=C2)C(=O)C(F)(F)F)cc1)C(=O)C1CCCCCCCC1)[C@H](C)OC(C)(C)C. The lowest BCUT2D eigenvalue weighted by molar-refractivity contribution is -0.170. The van der Waals surface area contributed by atoms with Gasteiger partial charge in [-0.3, -0.25) is 39.4 Å². The highest BCUT2D eigenvalue weighted by atomic mass is 19.4. The Kier molecular flexibility index (Phi) is 13.2. The van der Waals surface area contributed by atoms with Crippen LogP contribution in [0.5, 0.6) is 0 Å². The monoisotopic (exact) mass is 717 g/mol. The lowest BCUT2D eigenvalue weighted by Gasteiger charge is -2.32. The lowest BCUT2D eigenvalue weighted by atomic mass is 9.84. The number of hydrogen-bond acceptors (Lipinski definition) is 9. The molecular formula is C36H50F3N7O5. The van der Waals surface area contributed by atoms with E-state index in [1.54, 1.807) is 0 Å². The third-order valence-corrected chi connectivity index (χ3v) is 9.36. The number of rotatable bonds is 11. The van der Waals surface area contributed by atoms with Crippen molar-refractivity contribution in [2.24, 2.45) is 32.5 Å². The van der Waals surface area contributed by atoms with E-state index in [1.165, 1.54) is 24.3 Å². The Morgan fingerprint density at radius 2 is 1.61 bits per heavy atom. The number of fused-ring (bicyclic) bond motifs is 1. The lowest BCUT2D eigenvalue weighted by Crippen LogP contribution is -2.53. The van der Waals surface area contributed by atoms with Crippen LogP contribution in [0, 0.1) is 11.8 Å². The molecule has 1 saturated carbocycles. The largest absolute Gasteiger partial charge is 0.471 e. The summed E-state index contributed by atoms with van der Waals surface area (Å²) in [4.78, 5) is 65.3. The zero-order valence-corrected chi connectivity index (χ0v) is 30.0. The molecule has 0 aromatic heterocycles. The van der Waals surface area contributed by atoms with E-state index in [2.05, 4.69) is 25.6 Å². The highest BCUT2D eigenvalue weighted by Gasteiger charge is 2.44. The van der Waals surface area contributed by atoms with Crippen LogP contribution in [0.4, 0.5) is 18.9 Å². The minimum absolute atomic E-state index is 0.0178. The molecule has 0 spiro atoms. The third kappa shape index (κ3) is 11.2. The normalized spacial score (nSPS) is 22.1. The number of carbonyl (C=O) groups is 4. The van der Waals surface area contributed by atoms with Gasteiger partial charge >= 0.3 is 12.1 Å². The van der Waals surface area contributed by atoms with E-state index in [1.807, 2.05) is 34.6 Å². The Labute approximate surface area is 297 Å². The second-order valence-corrected chi connectivity index (χ2v) is 14.7. The molecule has 4 N–H and O–H groups in total. The number of halogens is 3. The summed E-state index contributed by atoms with van der Waals surface area (Å²) >= 11 is 0. The quantitative estimate of drug-likeness (QED) is 0.295. The molecule has 3 aliphatic rings. The Morgan fingerprint density at radius 1 is 1.00 bits per heavy atom. The summed E-state index contributed by atoms with van der Waals surface area (Å²) in [6.07, 6.45) is 2.93. The van der Waals surface area contributed by atoms with Gasteiger partial charge in [0.15, 0.2) is 24.0 Å². The number of ketones is 1. The highest BCUT2D eigenvalue weighted by Crippen LogP contribution is 2.28. The minimum atomic E-state index is -5.24. The molecule has 2 heterocycles. The Bertz CT molecular complexity index is 1510. The minimum Gasteiger partial charge on any atom is -0.373 e. The number of guanidine groups is 1. The zero-order valence-electron chi connectivity index (χ0n) is 30.0. The van der Waals surface area contributed by atoms with E-state index in [-0.39, 0.29) is 46.6 Å². The number of hydrogen-bond donors (Lipinski definition) is 3. The number of carbonyl (C=O) groups excluding carboxylic acids is 4. The summed E-state index contributed by atoms with van der Waals surface area (Å²) < 4.78 is 47.4. The number of benzene rings is 1. The van der Waals surface area contributed by atoms with Crippen LogP contribution >= 0.6 is 0 Å². The highest BCUT2D eigenvalue weighted by molar-refractivity contribution is 6.34. The topological polar surface area (TPSA) is 168 Å². The number of amides is 3. The van der Waals surface area contributed by atoms with Crippen molar-refractivity contribution in [3.63, 3.8) is 0 Å². The molecule has 1 aromatic carbocycles. The zero-order chi connectivity index (χ0) is 37.5. The van der Waals surface area contributed by atoms with Crippen LogP contribution in [0.1, 0.15) is 103 Å². The number of Topliss-reactive ketones (excluding diaryl/α,β-unsaturated/α-hetero) is 1. The maximum atomic E-state index is 14.0. The van der Waals surface area contributed by atoms with Crippen LogP contribution in [-0.2, 0) is 19.1 Å². The van der Waals surface area contributed by atoms with E-state index >= 15 is 0 Å². The first-order valence-electron chi connectivity index (χ1n) is 17.7. The molecule has 0 radical (unpaired) electrons. The molecular weight excluding hydrogens is 667 g/mol. The van der Waals surface area contributed by atoms with Crippen molar-refractivity contribution >= 4 is 47.1 Å². The molecule has 51 heavy (non-hydrogen) atoms. The fraction of sp³-hybridized carbons (Fsp3) is 0.639. The fourth-order valence-electron chi connectivity index (χ4n) is 6.59. The van der Waals surface area contributed by atoms with Gasteiger partial charge in [-0.15, -0.1) is 0 Å². The Balaban J connectivity index is 1.55. The average Bonchev–Trinajstić information content (AvgIpc) is 3.19. The van der Waals surface area contributed by atoms with E-state index in [0.29, 0.717) is 11.3 Å². The Hall–Kier alpha value is -4.14. The first kappa shape index (κ1) is 39.6. The number of alkyl halides is 3. The van der Waals surface area contributed by atoms with E-state index in [4.69, 9.17) is 10.5 Å². The van der Waals surface area contributed by atoms with Crippen LogP contribution in [0.15, 0.2) is 39.2 Å². The summed E-state index contributed by atoms with van der Waals surface area (Å²) in [6.45, 7) is 9.14. The van der Waals surface area contributed by atoms with Crippen molar-refractivity contribution in [1.82, 2.24) is 10.6 Å². The third-order valence-electron chi connectivity index (χ3n) is 9.36. The van der Waals surface area contributed by atoms with Gasteiger partial charge in [0, 0.05) is 23.4 Å². The molecule has 280 valence electrons. The van der Waals surface area contributed by atoms with Gasteiger partial charge in [-0.1, -0.05) is 45.4 Å². The number of nitrogens with zero attached hydrogens (tertiary/aromatic N) is 4. The van der Waals surface area contributed by atoms with Gasteiger partial charge in [0.2, 0.25) is 0 Å². The number of anilines is 1. The molecule has 4 rings (SSSR count). The van der Waals surface area contributed by atoms with Crippen molar-refractivity contribution < 1.29 is 37.1 Å². The van der Waals surface area contributed by atoms with Gasteiger partial charge in [0.25, 0.3) is 11.8 Å². The van der Waals surface area contributed by atoms with E-state index in [0.717, 1.165) is 57.6 Å². The van der Waals surface area contributed by atoms with Crippen LogP contribution in [0.25, 0.3) is 0 Å². The van der Waals surface area contributed by atoms with Crippen LogP contribution in [0.3, 0.4) is 0 Å². The molecule has 15 heteroatoms. The van der Waals surface area contributed by atoms with E-state index in [9.17, 15) is 32.3 Å². The molecule has 3 amide bonds. The summed E-state index contributed by atoms with van der Waals surface area (Å²) in [7, 11) is 0. The van der Waals surface area contributed by atoms with Gasteiger partial charge in [-0.05, 0) is 77.1 Å². The second kappa shape index (κ2) is 16.9. The molecule has 1 aliphatic carbocycles. The average molecular weight is 718 g/mol. The second-order valence-electron chi connectivity index (χ2n) is 14.7. The van der Waals surface area contributed by atoms with Gasteiger partial charge in [-0.2, -0.15) is 13.2 Å². The molecule has 1 aromatic rings. The molecule has 0 saturated heterocycles. The fourth-order valence-corrected chi connectivity index (χ4v) is 6.59. The van der Waals surface area contributed by atoms with Gasteiger partial charge in [0.05, 0.1) is 30.0 Å². The summed E-state index contributed by atoms with van der Waals surface area (Å²) in [5.74, 6) is -3.80. The van der Waals surface area contributed by atoms with Crippen LogP contribution in [0.2, 0.25) is 0 Å². The molecule has 12 nitrogen and oxygen atoms in total. The van der Waals surface area contributed by atoms with E-state index < -0.39 is 54.3 Å². The summed E-state index contributed by atoms with van der Waals surface area (Å²) in [5.41, 5.74) is 5.03. The maximum absolute atomic E-state index is 14.0. The molecule has 2 aliphatic heterocycles. The number of nitrogens with two attached hydrogens (primary N) is 1. The standard InChI is InChI=1S/C36H50F3N7O5/c1-21(22(2)51-35(3,4)5)18-27(29(47)23-12-10-8-6-7-9-11-13-23)43-31(48)24-14-16-26(17-15-24)46(33(50)36(37,38)39)20-25-19-41-30-28(42-25)32(49)45-34(40)44-30/h14-17,19,21-23,27-28,30H,6-13,18,20H2,1-5H3,(H,43,48)(H3,40,44,45,49)/t21?,22-,27-,28?,30?/m0/s1. The first-order chi connectivity index (χ1) is 23.9. The van der Waals surface area contributed by atoms with Crippen molar-refractivity contribution in [1.29, 1.82) is 0 Å². The number of aliphatic imine (C=N–C) groups is 3. The summed E-state index contributed by atoms with van der Waals surface area (Å²) in [6, 6.07) is 3.09. The van der Waals surface area contributed by atoms with Gasteiger partial charge < -0.3 is 15.8 Å². The van der Waals surface area contributed by atoms with Crippen molar-refractivity contribution in [2.75, 3.05) is 11.4 Å². The van der Waals surface area contributed by atoms with Crippen molar-refractivity contribution in [2.45, 2.75) is 129 Å². The molecule has 0 bridgehead atoms. The van der Waals surface area contributed by atoms with Crippen LogP contribution < -0.4 is 21.3 Å². The van der Waals surface area contributed by atoms with Crippen molar-refractivity contribution in [3.05, 3.63) is 29.8 Å². The maximum Gasteiger partial charge on any atom is 0.471 e. The van der Waals surface area contributed by atoms with Gasteiger partial charge in [0.1, 0.15) is 0 Å². The predicted molar refractivity (Wildman–Crippen MR) is 189 cm³/mol. The Morgan fingerprint density at radius 3 is 2.20 bits per heavy atom. The predicted octanol–water partition coefficient (Wildman–Crippen LogP) is 4.89. The number of ether oxygens (including phenoxy) is 1. The molecule has 3 unspecified atom stereocenters. The smallest absolute Gasteiger partial charge is 0.373 e. The van der Waals surface area contributed by atoms with Crippen molar-refractivity contribution in [3.8, 4) is 0 Å². The molecule has 5 atom stereocenters. The first-order valence-corrected chi connectivity index (χ1v) is 17.7. The number of nitrogens with one attached hydrogen (secondary N) is 2. The summed E-state index contributed by atoms with van der Waals surface area (Å²) in [5, 5.41) is 5.23. The van der Waals surface area contributed by atoms with Crippen LogP contribution in [-0.4, -0.2) is 84.1 Å². The molecule has 1 fully saturated rings.